The lowest BCUT2D eigenvalue weighted by atomic mass is 9.99. The lowest BCUT2D eigenvalue weighted by molar-refractivity contribution is -0.147. The van der Waals surface area contributed by atoms with E-state index in [2.05, 4.69) is 0 Å². The average Bonchev–Trinajstić information content (AvgIpc) is 3.20. The number of hydrogen-bond acceptors (Lipinski definition) is 3. The standard InChI is InChI=1S/C20H28N2O3/c1-25-17-8-6-7-16(15-17)10-11-19(23)22-14-3-2-9-18(22)20(24)21-12-4-5-13-21/h6-8,15,18H,2-5,9-14H2,1H3/t18-/m1/s1. The van der Waals surface area contributed by atoms with Gasteiger partial charge in [-0.3, -0.25) is 9.59 Å². The summed E-state index contributed by atoms with van der Waals surface area (Å²) in [5.41, 5.74) is 1.09. The summed E-state index contributed by atoms with van der Waals surface area (Å²) < 4.78 is 5.24. The second-order valence-electron chi connectivity index (χ2n) is 6.98. The van der Waals surface area contributed by atoms with Crippen LogP contribution < -0.4 is 4.74 Å². The molecule has 136 valence electrons. The van der Waals surface area contributed by atoms with Gasteiger partial charge in [0, 0.05) is 26.1 Å². The molecule has 2 fully saturated rings. The number of likely N-dealkylation sites (tertiary alicyclic amines) is 2. The largest absolute Gasteiger partial charge is 0.497 e. The van der Waals surface area contributed by atoms with Crippen molar-refractivity contribution in [3.8, 4) is 5.75 Å². The Balaban J connectivity index is 1.61. The summed E-state index contributed by atoms with van der Waals surface area (Å²) >= 11 is 0. The second kappa shape index (κ2) is 8.37. The molecule has 5 heteroatoms. The Bertz CT molecular complexity index is 611. The summed E-state index contributed by atoms with van der Waals surface area (Å²) in [6, 6.07) is 7.58. The Kier molecular flexibility index (Phi) is 5.95. The molecule has 0 saturated carbocycles. The fourth-order valence-corrected chi connectivity index (χ4v) is 3.86. The molecular formula is C20H28N2O3. The fourth-order valence-electron chi connectivity index (χ4n) is 3.86. The van der Waals surface area contributed by atoms with Crippen LogP contribution in [0.4, 0.5) is 0 Å². The minimum Gasteiger partial charge on any atom is -0.497 e. The minimum atomic E-state index is -0.246. The van der Waals surface area contributed by atoms with Crippen molar-refractivity contribution >= 4 is 11.8 Å². The Morgan fingerprint density at radius 3 is 2.64 bits per heavy atom. The maximum atomic E-state index is 12.8. The SMILES string of the molecule is COc1cccc(CCC(=O)N2CCCC[C@@H]2C(=O)N2CCCC2)c1. The van der Waals surface area contributed by atoms with Crippen LogP contribution in [0, 0.1) is 0 Å². The van der Waals surface area contributed by atoms with E-state index in [-0.39, 0.29) is 17.9 Å². The summed E-state index contributed by atoms with van der Waals surface area (Å²) in [6.45, 7) is 2.41. The fraction of sp³-hybridized carbons (Fsp3) is 0.600. The van der Waals surface area contributed by atoms with E-state index in [4.69, 9.17) is 4.74 Å². The number of carbonyl (C=O) groups is 2. The van der Waals surface area contributed by atoms with Crippen LogP contribution in [0.2, 0.25) is 0 Å². The zero-order valence-corrected chi connectivity index (χ0v) is 15.1. The summed E-state index contributed by atoms with van der Waals surface area (Å²) in [6.07, 6.45) is 6.12. The van der Waals surface area contributed by atoms with Gasteiger partial charge in [0.2, 0.25) is 11.8 Å². The molecule has 0 aromatic heterocycles. The molecule has 1 aromatic carbocycles. The first-order chi connectivity index (χ1) is 12.2. The third-order valence-electron chi connectivity index (χ3n) is 5.29. The maximum absolute atomic E-state index is 12.8. The van der Waals surface area contributed by atoms with Gasteiger partial charge in [-0.25, -0.2) is 0 Å². The topological polar surface area (TPSA) is 49.9 Å². The Morgan fingerprint density at radius 1 is 1.12 bits per heavy atom. The van der Waals surface area contributed by atoms with Crippen molar-refractivity contribution in [3.05, 3.63) is 29.8 Å². The molecule has 3 rings (SSSR count). The first-order valence-electron chi connectivity index (χ1n) is 9.40. The number of carbonyl (C=O) groups excluding carboxylic acids is 2. The number of methoxy groups -OCH3 is 1. The number of piperidine rings is 1. The van der Waals surface area contributed by atoms with E-state index in [1.807, 2.05) is 34.1 Å². The van der Waals surface area contributed by atoms with E-state index in [0.717, 1.165) is 56.5 Å². The van der Waals surface area contributed by atoms with Crippen LogP contribution in [0.1, 0.15) is 44.1 Å². The van der Waals surface area contributed by atoms with Crippen LogP contribution in [-0.2, 0) is 16.0 Å². The van der Waals surface area contributed by atoms with Gasteiger partial charge >= 0.3 is 0 Å². The molecule has 0 unspecified atom stereocenters. The van der Waals surface area contributed by atoms with Gasteiger partial charge in [0.25, 0.3) is 0 Å². The number of nitrogens with zero attached hydrogens (tertiary/aromatic N) is 2. The maximum Gasteiger partial charge on any atom is 0.245 e. The number of aryl methyl sites for hydroxylation is 1. The molecule has 2 amide bonds. The van der Waals surface area contributed by atoms with E-state index < -0.39 is 0 Å². The first-order valence-corrected chi connectivity index (χ1v) is 9.40. The molecule has 25 heavy (non-hydrogen) atoms. The zero-order chi connectivity index (χ0) is 17.6. The Hall–Kier alpha value is -2.04. The van der Waals surface area contributed by atoms with Gasteiger partial charge in [-0.15, -0.1) is 0 Å². The van der Waals surface area contributed by atoms with Crippen LogP contribution in [0.5, 0.6) is 5.75 Å². The smallest absolute Gasteiger partial charge is 0.245 e. The molecule has 0 spiro atoms. The molecule has 0 bridgehead atoms. The van der Waals surface area contributed by atoms with Crippen molar-refractivity contribution in [3.63, 3.8) is 0 Å². The average molecular weight is 344 g/mol. The van der Waals surface area contributed by atoms with Gasteiger partial charge < -0.3 is 14.5 Å². The molecule has 0 aliphatic carbocycles. The molecule has 2 aliphatic heterocycles. The van der Waals surface area contributed by atoms with Crippen molar-refractivity contribution < 1.29 is 14.3 Å². The van der Waals surface area contributed by atoms with Gasteiger partial charge in [-0.05, 0) is 56.2 Å². The molecule has 1 aromatic rings. The molecule has 1 atom stereocenters. The molecule has 2 heterocycles. The van der Waals surface area contributed by atoms with Crippen LogP contribution in [0.25, 0.3) is 0 Å². The van der Waals surface area contributed by atoms with Crippen molar-refractivity contribution in [1.29, 1.82) is 0 Å². The molecule has 2 saturated heterocycles. The number of amides is 2. The van der Waals surface area contributed by atoms with E-state index in [0.29, 0.717) is 19.4 Å². The summed E-state index contributed by atoms with van der Waals surface area (Å²) in [4.78, 5) is 29.3. The third-order valence-corrected chi connectivity index (χ3v) is 5.29. The van der Waals surface area contributed by atoms with E-state index in [1.165, 1.54) is 0 Å². The van der Waals surface area contributed by atoms with Gasteiger partial charge in [0.1, 0.15) is 11.8 Å². The van der Waals surface area contributed by atoms with Gasteiger partial charge in [0.05, 0.1) is 7.11 Å². The molecule has 5 nitrogen and oxygen atoms in total. The van der Waals surface area contributed by atoms with E-state index in [9.17, 15) is 9.59 Å². The molecule has 2 aliphatic rings. The lowest BCUT2D eigenvalue weighted by Crippen LogP contribution is -2.52. The summed E-state index contributed by atoms with van der Waals surface area (Å²) in [5.74, 6) is 1.07. The first kappa shape index (κ1) is 17.8. The second-order valence-corrected chi connectivity index (χ2v) is 6.98. The van der Waals surface area contributed by atoms with E-state index >= 15 is 0 Å². The van der Waals surface area contributed by atoms with Crippen LogP contribution in [0.15, 0.2) is 24.3 Å². The quantitative estimate of drug-likeness (QED) is 0.825. The van der Waals surface area contributed by atoms with Crippen LogP contribution in [-0.4, -0.2) is 54.4 Å². The van der Waals surface area contributed by atoms with Crippen LogP contribution in [0.3, 0.4) is 0 Å². The van der Waals surface area contributed by atoms with Crippen molar-refractivity contribution in [2.75, 3.05) is 26.7 Å². The zero-order valence-electron chi connectivity index (χ0n) is 15.1. The predicted octanol–water partition coefficient (Wildman–Crippen LogP) is 2.63. The minimum absolute atomic E-state index is 0.0973. The summed E-state index contributed by atoms with van der Waals surface area (Å²) in [5, 5.41) is 0. The van der Waals surface area contributed by atoms with Gasteiger partial charge in [-0.2, -0.15) is 0 Å². The highest BCUT2D eigenvalue weighted by atomic mass is 16.5. The third kappa shape index (κ3) is 4.33. The predicted molar refractivity (Wildman–Crippen MR) is 96.5 cm³/mol. The van der Waals surface area contributed by atoms with Crippen LogP contribution >= 0.6 is 0 Å². The van der Waals surface area contributed by atoms with Gasteiger partial charge in [0.15, 0.2) is 0 Å². The Labute approximate surface area is 149 Å². The molecule has 0 radical (unpaired) electrons. The normalized spacial score (nSPS) is 20.6. The Morgan fingerprint density at radius 2 is 1.88 bits per heavy atom. The van der Waals surface area contributed by atoms with Crippen molar-refractivity contribution in [1.82, 2.24) is 9.80 Å². The van der Waals surface area contributed by atoms with E-state index in [1.54, 1.807) is 7.11 Å². The number of benzene rings is 1. The highest BCUT2D eigenvalue weighted by Crippen LogP contribution is 2.23. The van der Waals surface area contributed by atoms with Crippen molar-refractivity contribution in [2.45, 2.75) is 51.0 Å². The highest BCUT2D eigenvalue weighted by Gasteiger charge is 2.35. The number of hydrogen-bond donors (Lipinski definition) is 0. The monoisotopic (exact) mass is 344 g/mol. The summed E-state index contributed by atoms with van der Waals surface area (Å²) in [7, 11) is 1.65. The lowest BCUT2D eigenvalue weighted by Gasteiger charge is -2.37. The molecule has 0 N–H and O–H groups in total. The highest BCUT2D eigenvalue weighted by molar-refractivity contribution is 5.88. The number of rotatable bonds is 5. The molecular weight excluding hydrogens is 316 g/mol. The van der Waals surface area contributed by atoms with Crippen molar-refractivity contribution in [2.24, 2.45) is 0 Å². The number of ether oxygens (including phenoxy) is 1. The van der Waals surface area contributed by atoms with Gasteiger partial charge in [-0.1, -0.05) is 12.1 Å².